The molecule has 0 bridgehead atoms. The summed E-state index contributed by atoms with van der Waals surface area (Å²) in [5.74, 6) is 0. The van der Waals surface area contributed by atoms with Gasteiger partial charge in [-0.15, -0.1) is 11.3 Å². The van der Waals surface area contributed by atoms with Gasteiger partial charge in [0, 0.05) is 23.0 Å². The summed E-state index contributed by atoms with van der Waals surface area (Å²) < 4.78 is 25.5. The summed E-state index contributed by atoms with van der Waals surface area (Å²) in [5.41, 5.74) is 1.96. The Balaban J connectivity index is 2.17. The number of hydrogen-bond donors (Lipinski definition) is 2. The number of aryl methyl sites for hydroxylation is 1. The highest BCUT2D eigenvalue weighted by molar-refractivity contribution is 7.89. The van der Waals surface area contributed by atoms with Crippen molar-refractivity contribution in [2.24, 2.45) is 0 Å². The fourth-order valence-corrected chi connectivity index (χ4v) is 3.12. The van der Waals surface area contributed by atoms with Gasteiger partial charge >= 0.3 is 0 Å². The molecule has 1 aromatic heterocycles. The number of nitriles is 1. The van der Waals surface area contributed by atoms with Crippen LogP contribution in [-0.2, 0) is 10.0 Å². The van der Waals surface area contributed by atoms with Crippen LogP contribution < -0.4 is 10.0 Å². The molecule has 0 spiro atoms. The second-order valence-corrected chi connectivity index (χ2v) is 7.08. The number of hydrogen-bond acceptors (Lipinski definition) is 6. The normalized spacial score (nSPS) is 12.0. The van der Waals surface area contributed by atoms with Crippen molar-refractivity contribution in [2.75, 3.05) is 12.4 Å². The molecule has 0 aliphatic heterocycles. The molecule has 1 aromatic carbocycles. The number of thiazole rings is 1. The van der Waals surface area contributed by atoms with E-state index in [4.69, 9.17) is 0 Å². The molecule has 0 saturated heterocycles. The van der Waals surface area contributed by atoms with Crippen LogP contribution in [0, 0.1) is 18.3 Å². The van der Waals surface area contributed by atoms with Gasteiger partial charge in [0.15, 0.2) is 0 Å². The Labute approximate surface area is 133 Å². The Morgan fingerprint density at radius 1 is 1.36 bits per heavy atom. The van der Waals surface area contributed by atoms with Crippen molar-refractivity contribution in [2.45, 2.75) is 11.8 Å². The Kier molecular flexibility index (Phi) is 4.92. The number of rotatable bonds is 5. The first kappa shape index (κ1) is 16.2. The van der Waals surface area contributed by atoms with Gasteiger partial charge in [0.1, 0.15) is 16.6 Å². The molecule has 0 radical (unpaired) electrons. The highest BCUT2D eigenvalue weighted by Gasteiger charge is 2.10. The fraction of sp³-hybridized carbons (Fsp3) is 0.143. The number of benzene rings is 1. The van der Waals surface area contributed by atoms with Gasteiger partial charge in [0.05, 0.1) is 4.90 Å². The van der Waals surface area contributed by atoms with Gasteiger partial charge in [-0.3, -0.25) is 0 Å². The summed E-state index contributed by atoms with van der Waals surface area (Å²) in [6, 6.07) is 8.32. The van der Waals surface area contributed by atoms with E-state index < -0.39 is 10.0 Å². The van der Waals surface area contributed by atoms with Crippen LogP contribution in [0.15, 0.2) is 40.7 Å². The van der Waals surface area contributed by atoms with Crippen LogP contribution in [0.2, 0.25) is 0 Å². The number of nitrogens with one attached hydrogen (secondary N) is 2. The van der Waals surface area contributed by atoms with E-state index in [0.717, 1.165) is 5.69 Å². The first-order valence-corrected chi connectivity index (χ1v) is 8.65. The van der Waals surface area contributed by atoms with E-state index in [1.165, 1.54) is 30.5 Å². The standard InChI is InChI=1S/C14H14N4O2S2/c1-10-9-21-14(18-10)11(7-15)8-17-12-3-5-13(6-4-12)22(19,20)16-2/h3-6,8-9,16-17H,1-2H3/b11-8+. The molecule has 0 atom stereocenters. The summed E-state index contributed by atoms with van der Waals surface area (Å²) in [7, 11) is -2.08. The minimum Gasteiger partial charge on any atom is -0.360 e. The molecule has 0 saturated carbocycles. The lowest BCUT2D eigenvalue weighted by Gasteiger charge is -2.05. The van der Waals surface area contributed by atoms with Crippen LogP contribution in [0.5, 0.6) is 0 Å². The lowest BCUT2D eigenvalue weighted by Crippen LogP contribution is -2.18. The summed E-state index contributed by atoms with van der Waals surface area (Å²) in [5, 5.41) is 14.7. The van der Waals surface area contributed by atoms with Crippen molar-refractivity contribution < 1.29 is 8.42 Å². The molecule has 0 aliphatic rings. The second-order valence-electron chi connectivity index (χ2n) is 4.34. The van der Waals surface area contributed by atoms with Gasteiger partial charge in [0.2, 0.25) is 10.0 Å². The number of aromatic nitrogens is 1. The summed E-state index contributed by atoms with van der Waals surface area (Å²) in [6.45, 7) is 1.86. The van der Waals surface area contributed by atoms with E-state index in [-0.39, 0.29) is 4.90 Å². The molecule has 0 amide bonds. The van der Waals surface area contributed by atoms with Crippen molar-refractivity contribution in [1.29, 1.82) is 5.26 Å². The maximum absolute atomic E-state index is 11.6. The Morgan fingerprint density at radius 3 is 2.55 bits per heavy atom. The zero-order chi connectivity index (χ0) is 16.2. The van der Waals surface area contributed by atoms with E-state index in [9.17, 15) is 13.7 Å². The quantitative estimate of drug-likeness (QED) is 0.818. The summed E-state index contributed by atoms with van der Waals surface area (Å²) in [4.78, 5) is 4.43. The van der Waals surface area contributed by atoms with Crippen LogP contribution in [0.3, 0.4) is 0 Å². The average Bonchev–Trinajstić information content (AvgIpc) is 2.95. The number of nitrogens with zero attached hydrogens (tertiary/aromatic N) is 2. The van der Waals surface area contributed by atoms with Crippen LogP contribution in [0.1, 0.15) is 10.7 Å². The van der Waals surface area contributed by atoms with Crippen molar-refractivity contribution in [1.82, 2.24) is 9.71 Å². The Bertz CT molecular complexity index is 830. The average molecular weight is 334 g/mol. The Morgan fingerprint density at radius 2 is 2.05 bits per heavy atom. The topological polar surface area (TPSA) is 94.9 Å². The first-order valence-electron chi connectivity index (χ1n) is 6.29. The third-order valence-electron chi connectivity index (χ3n) is 2.79. The van der Waals surface area contributed by atoms with Crippen LogP contribution in [-0.4, -0.2) is 20.4 Å². The molecule has 0 fully saturated rings. The minimum atomic E-state index is -3.44. The fourth-order valence-electron chi connectivity index (χ4n) is 1.62. The molecule has 2 rings (SSSR count). The highest BCUT2D eigenvalue weighted by atomic mass is 32.2. The highest BCUT2D eigenvalue weighted by Crippen LogP contribution is 2.19. The third-order valence-corrected chi connectivity index (χ3v) is 5.21. The molecule has 2 N–H and O–H groups in total. The van der Waals surface area contributed by atoms with Crippen LogP contribution >= 0.6 is 11.3 Å². The smallest absolute Gasteiger partial charge is 0.240 e. The zero-order valence-electron chi connectivity index (χ0n) is 12.0. The van der Waals surface area contributed by atoms with Gasteiger partial charge in [-0.1, -0.05) is 0 Å². The second kappa shape index (κ2) is 6.70. The van der Waals surface area contributed by atoms with Gasteiger partial charge in [-0.2, -0.15) is 5.26 Å². The van der Waals surface area contributed by atoms with E-state index in [1.807, 2.05) is 12.3 Å². The zero-order valence-corrected chi connectivity index (χ0v) is 13.6. The molecule has 22 heavy (non-hydrogen) atoms. The number of anilines is 1. The molecule has 8 heteroatoms. The van der Waals surface area contributed by atoms with E-state index in [1.54, 1.807) is 18.3 Å². The summed E-state index contributed by atoms with van der Waals surface area (Å²) in [6.07, 6.45) is 1.56. The first-order chi connectivity index (χ1) is 10.5. The van der Waals surface area contributed by atoms with Crippen molar-refractivity contribution in [3.05, 3.63) is 46.5 Å². The van der Waals surface area contributed by atoms with Gasteiger partial charge in [-0.25, -0.2) is 18.1 Å². The van der Waals surface area contributed by atoms with Gasteiger partial charge < -0.3 is 5.32 Å². The molecule has 0 unspecified atom stereocenters. The predicted octanol–water partition coefficient (Wildman–Crippen LogP) is 2.34. The molecule has 6 nitrogen and oxygen atoms in total. The largest absolute Gasteiger partial charge is 0.360 e. The summed E-state index contributed by atoms with van der Waals surface area (Å²) >= 11 is 1.40. The van der Waals surface area contributed by atoms with Crippen molar-refractivity contribution in [3.8, 4) is 6.07 Å². The maximum Gasteiger partial charge on any atom is 0.240 e. The number of sulfonamides is 1. The molecule has 2 aromatic rings. The van der Waals surface area contributed by atoms with Crippen LogP contribution in [0.4, 0.5) is 5.69 Å². The van der Waals surface area contributed by atoms with Crippen LogP contribution in [0.25, 0.3) is 5.57 Å². The molecule has 0 aliphatic carbocycles. The van der Waals surface area contributed by atoms with E-state index in [0.29, 0.717) is 16.3 Å². The van der Waals surface area contributed by atoms with Gasteiger partial charge in [-0.05, 0) is 38.2 Å². The van der Waals surface area contributed by atoms with Gasteiger partial charge in [0.25, 0.3) is 0 Å². The molecule has 1 heterocycles. The SMILES string of the molecule is CNS(=O)(=O)c1ccc(N/C=C(\C#N)c2nc(C)cs2)cc1. The molecular weight excluding hydrogens is 320 g/mol. The third kappa shape index (κ3) is 3.71. The minimum absolute atomic E-state index is 0.181. The number of allylic oxidation sites excluding steroid dienone is 1. The molecule has 114 valence electrons. The monoisotopic (exact) mass is 334 g/mol. The van der Waals surface area contributed by atoms with E-state index in [2.05, 4.69) is 21.1 Å². The molecular formula is C14H14N4O2S2. The lowest BCUT2D eigenvalue weighted by molar-refractivity contribution is 0.588. The van der Waals surface area contributed by atoms with E-state index >= 15 is 0 Å². The van der Waals surface area contributed by atoms with Crippen molar-refractivity contribution in [3.63, 3.8) is 0 Å². The predicted molar refractivity (Wildman–Crippen MR) is 86.8 cm³/mol. The van der Waals surface area contributed by atoms with Crippen molar-refractivity contribution >= 4 is 32.6 Å². The lowest BCUT2D eigenvalue weighted by atomic mass is 10.3. The maximum atomic E-state index is 11.6. The Hall–Kier alpha value is -2.21.